The van der Waals surface area contributed by atoms with E-state index in [1.807, 2.05) is 52.8 Å². The Labute approximate surface area is 117 Å². The first-order valence-corrected chi connectivity index (χ1v) is 6.73. The van der Waals surface area contributed by atoms with Gasteiger partial charge in [0.15, 0.2) is 11.6 Å². The highest BCUT2D eigenvalue weighted by molar-refractivity contribution is 5.94. The molecular formula is C16H27NO2. The zero-order chi connectivity index (χ0) is 15.1. The number of ketones is 2. The second-order valence-corrected chi connectivity index (χ2v) is 6.08. The molecule has 3 nitrogen and oxygen atoms in total. The Morgan fingerprint density at radius 2 is 1.68 bits per heavy atom. The van der Waals surface area contributed by atoms with Crippen LogP contribution in [0.15, 0.2) is 24.3 Å². The monoisotopic (exact) mass is 265 g/mol. The zero-order valence-corrected chi connectivity index (χ0v) is 13.1. The minimum atomic E-state index is -0.462. The van der Waals surface area contributed by atoms with Crippen LogP contribution < -0.4 is 0 Å². The minimum Gasteiger partial charge on any atom is -0.306 e. The molecule has 0 aromatic heterocycles. The summed E-state index contributed by atoms with van der Waals surface area (Å²) in [6.45, 7) is 8.29. The van der Waals surface area contributed by atoms with Crippen molar-refractivity contribution in [3.8, 4) is 0 Å². The Bertz CT molecular complexity index is 363. The number of rotatable bonds is 8. The SMILES string of the molecule is CC(C)C(=O)/C=C/CC(C)(C)C(=O)/C=C/CN(C)C. The molecule has 0 aliphatic rings. The Hall–Kier alpha value is -1.22. The molecule has 0 spiro atoms. The first kappa shape index (κ1) is 17.8. The van der Waals surface area contributed by atoms with Crippen LogP contribution in [0.3, 0.4) is 0 Å². The molecule has 0 atom stereocenters. The van der Waals surface area contributed by atoms with Gasteiger partial charge in [-0.3, -0.25) is 9.59 Å². The normalized spacial score (nSPS) is 13.1. The van der Waals surface area contributed by atoms with Crippen LogP contribution in [0.4, 0.5) is 0 Å². The highest BCUT2D eigenvalue weighted by Crippen LogP contribution is 2.23. The van der Waals surface area contributed by atoms with Gasteiger partial charge in [-0.25, -0.2) is 0 Å². The minimum absolute atomic E-state index is 0.00931. The summed E-state index contributed by atoms with van der Waals surface area (Å²) in [5.41, 5.74) is -0.462. The molecule has 0 heterocycles. The fraction of sp³-hybridized carbons (Fsp3) is 0.625. The molecule has 0 amide bonds. The molecule has 0 N–H and O–H groups in total. The molecule has 0 saturated carbocycles. The van der Waals surface area contributed by atoms with Gasteiger partial charge in [-0.2, -0.15) is 0 Å². The van der Waals surface area contributed by atoms with E-state index in [2.05, 4.69) is 0 Å². The molecule has 0 saturated heterocycles. The van der Waals surface area contributed by atoms with Gasteiger partial charge < -0.3 is 4.90 Å². The van der Waals surface area contributed by atoms with E-state index >= 15 is 0 Å². The van der Waals surface area contributed by atoms with Crippen LogP contribution in [0.1, 0.15) is 34.1 Å². The Balaban J connectivity index is 4.42. The third kappa shape index (κ3) is 7.73. The number of hydrogen-bond donors (Lipinski definition) is 0. The molecule has 0 unspecified atom stereocenters. The molecule has 0 fully saturated rings. The lowest BCUT2D eigenvalue weighted by molar-refractivity contribution is -0.122. The van der Waals surface area contributed by atoms with Crippen LogP contribution >= 0.6 is 0 Å². The van der Waals surface area contributed by atoms with E-state index < -0.39 is 5.41 Å². The number of carbonyl (C=O) groups excluding carboxylic acids is 2. The third-order valence-corrected chi connectivity index (χ3v) is 2.89. The molecule has 3 heteroatoms. The van der Waals surface area contributed by atoms with Crippen molar-refractivity contribution in [2.75, 3.05) is 20.6 Å². The van der Waals surface area contributed by atoms with Gasteiger partial charge in [0.1, 0.15) is 0 Å². The van der Waals surface area contributed by atoms with E-state index in [-0.39, 0.29) is 17.5 Å². The van der Waals surface area contributed by atoms with Crippen LogP contribution in [-0.2, 0) is 9.59 Å². The largest absolute Gasteiger partial charge is 0.306 e. The fourth-order valence-corrected chi connectivity index (χ4v) is 1.36. The van der Waals surface area contributed by atoms with E-state index in [0.29, 0.717) is 6.42 Å². The van der Waals surface area contributed by atoms with Crippen LogP contribution in [0, 0.1) is 11.3 Å². The number of nitrogens with zero attached hydrogens (tertiary/aromatic N) is 1. The maximum absolute atomic E-state index is 12.0. The quantitative estimate of drug-likeness (QED) is 0.633. The predicted molar refractivity (Wildman–Crippen MR) is 80.1 cm³/mol. The van der Waals surface area contributed by atoms with Gasteiger partial charge in [0, 0.05) is 17.9 Å². The summed E-state index contributed by atoms with van der Waals surface area (Å²) < 4.78 is 0. The number of hydrogen-bond acceptors (Lipinski definition) is 3. The van der Waals surface area contributed by atoms with Gasteiger partial charge in [-0.15, -0.1) is 0 Å². The zero-order valence-electron chi connectivity index (χ0n) is 13.1. The van der Waals surface area contributed by atoms with E-state index in [1.165, 1.54) is 0 Å². The molecule has 108 valence electrons. The Kier molecular flexibility index (Phi) is 7.53. The lowest BCUT2D eigenvalue weighted by atomic mass is 9.84. The smallest absolute Gasteiger partial charge is 0.161 e. The van der Waals surface area contributed by atoms with Gasteiger partial charge in [0.25, 0.3) is 0 Å². The number of allylic oxidation sites excluding steroid dienone is 3. The summed E-state index contributed by atoms with van der Waals surface area (Å²) >= 11 is 0. The average Bonchev–Trinajstić information content (AvgIpc) is 2.27. The second-order valence-electron chi connectivity index (χ2n) is 6.08. The van der Waals surface area contributed by atoms with Gasteiger partial charge in [-0.05, 0) is 32.7 Å². The maximum atomic E-state index is 12.0. The molecule has 19 heavy (non-hydrogen) atoms. The first-order chi connectivity index (χ1) is 8.66. The van der Waals surface area contributed by atoms with Crippen molar-refractivity contribution in [1.29, 1.82) is 0 Å². The van der Waals surface area contributed by atoms with Crippen molar-refractivity contribution in [3.63, 3.8) is 0 Å². The van der Waals surface area contributed by atoms with Gasteiger partial charge in [-0.1, -0.05) is 39.8 Å². The van der Waals surface area contributed by atoms with E-state index in [0.717, 1.165) is 6.54 Å². The standard InChI is InChI=1S/C16H27NO2/c1-13(2)14(18)9-7-11-16(3,4)15(19)10-8-12-17(5)6/h7-10,13H,11-12H2,1-6H3/b9-7+,10-8+. The van der Waals surface area contributed by atoms with Crippen molar-refractivity contribution in [3.05, 3.63) is 24.3 Å². The molecule has 0 aromatic carbocycles. The topological polar surface area (TPSA) is 37.4 Å². The van der Waals surface area contributed by atoms with Crippen molar-refractivity contribution < 1.29 is 9.59 Å². The van der Waals surface area contributed by atoms with Crippen molar-refractivity contribution >= 4 is 11.6 Å². The molecule has 0 aromatic rings. The second kappa shape index (κ2) is 8.05. The summed E-state index contributed by atoms with van der Waals surface area (Å²) in [6, 6.07) is 0. The summed E-state index contributed by atoms with van der Waals surface area (Å²) in [6.07, 6.45) is 7.48. The summed E-state index contributed by atoms with van der Waals surface area (Å²) in [4.78, 5) is 25.5. The van der Waals surface area contributed by atoms with Crippen molar-refractivity contribution in [2.24, 2.45) is 11.3 Å². The first-order valence-electron chi connectivity index (χ1n) is 6.73. The highest BCUT2D eigenvalue weighted by atomic mass is 16.1. The van der Waals surface area contributed by atoms with Gasteiger partial charge >= 0.3 is 0 Å². The lowest BCUT2D eigenvalue weighted by Crippen LogP contribution is -2.22. The van der Waals surface area contributed by atoms with Crippen molar-refractivity contribution in [1.82, 2.24) is 4.90 Å². The summed E-state index contributed by atoms with van der Waals surface area (Å²) in [5.74, 6) is 0.206. The van der Waals surface area contributed by atoms with E-state index in [4.69, 9.17) is 0 Å². The summed E-state index contributed by atoms with van der Waals surface area (Å²) in [7, 11) is 3.92. The maximum Gasteiger partial charge on any atom is 0.161 e. The Morgan fingerprint density at radius 1 is 1.11 bits per heavy atom. The van der Waals surface area contributed by atoms with Crippen molar-refractivity contribution in [2.45, 2.75) is 34.1 Å². The molecule has 0 aliphatic heterocycles. The van der Waals surface area contributed by atoms with Gasteiger partial charge in [0.05, 0.1) is 0 Å². The van der Waals surface area contributed by atoms with Crippen LogP contribution in [0.2, 0.25) is 0 Å². The molecule has 0 bridgehead atoms. The van der Waals surface area contributed by atoms with Crippen LogP contribution in [0.5, 0.6) is 0 Å². The Morgan fingerprint density at radius 3 is 2.16 bits per heavy atom. The molecule has 0 rings (SSSR count). The lowest BCUT2D eigenvalue weighted by Gasteiger charge is -2.19. The number of likely N-dealkylation sites (N-methyl/N-ethyl adjacent to an activating group) is 1. The third-order valence-electron chi connectivity index (χ3n) is 2.89. The van der Waals surface area contributed by atoms with Crippen LogP contribution in [0.25, 0.3) is 0 Å². The van der Waals surface area contributed by atoms with Crippen LogP contribution in [-0.4, -0.2) is 37.1 Å². The fourth-order valence-electron chi connectivity index (χ4n) is 1.36. The molecule has 0 aliphatic carbocycles. The molecular weight excluding hydrogens is 238 g/mol. The van der Waals surface area contributed by atoms with Gasteiger partial charge in [0.2, 0.25) is 0 Å². The summed E-state index contributed by atoms with van der Waals surface area (Å²) in [5, 5.41) is 0. The highest BCUT2D eigenvalue weighted by Gasteiger charge is 2.23. The molecule has 0 radical (unpaired) electrons. The van der Waals surface area contributed by atoms with E-state index in [9.17, 15) is 9.59 Å². The van der Waals surface area contributed by atoms with E-state index in [1.54, 1.807) is 18.2 Å². The average molecular weight is 265 g/mol. The number of carbonyl (C=O) groups is 2. The predicted octanol–water partition coefficient (Wildman–Crippen LogP) is 2.87.